The highest BCUT2D eigenvalue weighted by Crippen LogP contribution is 2.33. The molecule has 4 heteroatoms. The number of hydrogen-bond acceptors (Lipinski definition) is 3. The SMILES string of the molecule is N#Cc1cccc(Br)c1N1CCSC1. The zero-order chi connectivity index (χ0) is 9.97. The number of para-hydroxylation sites is 1. The number of nitriles is 1. The fraction of sp³-hybridized carbons (Fsp3) is 0.300. The molecule has 14 heavy (non-hydrogen) atoms. The van der Waals surface area contributed by atoms with Crippen molar-refractivity contribution in [3.63, 3.8) is 0 Å². The van der Waals surface area contributed by atoms with Gasteiger partial charge in [0.25, 0.3) is 0 Å². The first-order valence-electron chi connectivity index (χ1n) is 4.34. The van der Waals surface area contributed by atoms with Gasteiger partial charge in [-0.3, -0.25) is 0 Å². The molecule has 0 saturated carbocycles. The van der Waals surface area contributed by atoms with E-state index >= 15 is 0 Å². The summed E-state index contributed by atoms with van der Waals surface area (Å²) < 4.78 is 1.01. The van der Waals surface area contributed by atoms with E-state index in [1.807, 2.05) is 30.0 Å². The number of anilines is 1. The van der Waals surface area contributed by atoms with Gasteiger partial charge in [-0.2, -0.15) is 5.26 Å². The second-order valence-electron chi connectivity index (χ2n) is 3.05. The Morgan fingerprint density at radius 2 is 2.36 bits per heavy atom. The maximum Gasteiger partial charge on any atom is 0.101 e. The van der Waals surface area contributed by atoms with E-state index in [9.17, 15) is 0 Å². The Morgan fingerprint density at radius 3 is 3.00 bits per heavy atom. The van der Waals surface area contributed by atoms with Gasteiger partial charge in [-0.25, -0.2) is 0 Å². The van der Waals surface area contributed by atoms with Crippen LogP contribution in [-0.4, -0.2) is 18.2 Å². The predicted molar refractivity (Wildman–Crippen MR) is 63.5 cm³/mol. The van der Waals surface area contributed by atoms with Crippen molar-refractivity contribution in [2.75, 3.05) is 23.1 Å². The normalized spacial score (nSPS) is 15.6. The van der Waals surface area contributed by atoms with Crippen LogP contribution in [0.4, 0.5) is 5.69 Å². The van der Waals surface area contributed by atoms with E-state index in [1.165, 1.54) is 0 Å². The average Bonchev–Trinajstić information content (AvgIpc) is 2.70. The van der Waals surface area contributed by atoms with Crippen molar-refractivity contribution in [3.05, 3.63) is 28.2 Å². The van der Waals surface area contributed by atoms with Gasteiger partial charge in [-0.15, -0.1) is 11.8 Å². The monoisotopic (exact) mass is 268 g/mol. The van der Waals surface area contributed by atoms with Crippen molar-refractivity contribution in [2.24, 2.45) is 0 Å². The molecule has 0 N–H and O–H groups in total. The minimum atomic E-state index is 0.752. The summed E-state index contributed by atoms with van der Waals surface area (Å²) in [7, 11) is 0. The fourth-order valence-corrected chi connectivity index (χ4v) is 3.09. The summed E-state index contributed by atoms with van der Waals surface area (Å²) in [6.45, 7) is 1.03. The van der Waals surface area contributed by atoms with E-state index in [-0.39, 0.29) is 0 Å². The van der Waals surface area contributed by atoms with Crippen LogP contribution >= 0.6 is 27.7 Å². The molecule has 0 radical (unpaired) electrons. The standard InChI is InChI=1S/C10H9BrN2S/c11-9-3-1-2-8(6-12)10(9)13-4-5-14-7-13/h1-3H,4-5,7H2. The van der Waals surface area contributed by atoms with Gasteiger partial charge in [-0.1, -0.05) is 6.07 Å². The van der Waals surface area contributed by atoms with Gasteiger partial charge in [-0.05, 0) is 28.1 Å². The van der Waals surface area contributed by atoms with Gasteiger partial charge in [0.2, 0.25) is 0 Å². The first-order valence-corrected chi connectivity index (χ1v) is 6.29. The molecule has 0 bridgehead atoms. The molecule has 0 aromatic heterocycles. The first-order chi connectivity index (χ1) is 6.83. The van der Waals surface area contributed by atoms with Crippen LogP contribution in [0.25, 0.3) is 0 Å². The van der Waals surface area contributed by atoms with E-state index < -0.39 is 0 Å². The van der Waals surface area contributed by atoms with Gasteiger partial charge < -0.3 is 4.90 Å². The molecule has 1 saturated heterocycles. The van der Waals surface area contributed by atoms with E-state index in [2.05, 4.69) is 26.9 Å². The fourth-order valence-electron chi connectivity index (χ4n) is 1.52. The molecule has 1 aromatic carbocycles. The van der Waals surface area contributed by atoms with Crippen LogP contribution in [0.1, 0.15) is 5.56 Å². The molecule has 2 rings (SSSR count). The summed E-state index contributed by atoms with van der Waals surface area (Å²) in [4.78, 5) is 2.24. The minimum absolute atomic E-state index is 0.752. The highest BCUT2D eigenvalue weighted by atomic mass is 79.9. The average molecular weight is 269 g/mol. The van der Waals surface area contributed by atoms with Crippen LogP contribution in [0, 0.1) is 11.3 Å². The molecule has 0 aliphatic carbocycles. The third-order valence-electron chi connectivity index (χ3n) is 2.18. The minimum Gasteiger partial charge on any atom is -0.359 e. The highest BCUT2D eigenvalue weighted by molar-refractivity contribution is 9.10. The topological polar surface area (TPSA) is 27.0 Å². The zero-order valence-electron chi connectivity index (χ0n) is 7.53. The van der Waals surface area contributed by atoms with E-state index in [0.717, 1.165) is 33.9 Å². The van der Waals surface area contributed by atoms with Gasteiger partial charge in [0, 0.05) is 16.8 Å². The number of halogens is 1. The molecular weight excluding hydrogens is 260 g/mol. The maximum absolute atomic E-state index is 9.00. The first kappa shape index (κ1) is 9.88. The lowest BCUT2D eigenvalue weighted by Crippen LogP contribution is -2.19. The van der Waals surface area contributed by atoms with Crippen LogP contribution in [0.3, 0.4) is 0 Å². The predicted octanol–water partition coefficient (Wildman–Crippen LogP) is 2.83. The van der Waals surface area contributed by atoms with Gasteiger partial charge in [0.05, 0.1) is 17.1 Å². The quantitative estimate of drug-likeness (QED) is 0.784. The van der Waals surface area contributed by atoms with Gasteiger partial charge >= 0.3 is 0 Å². The van der Waals surface area contributed by atoms with Crippen molar-refractivity contribution in [3.8, 4) is 6.07 Å². The van der Waals surface area contributed by atoms with Crippen LogP contribution in [0.15, 0.2) is 22.7 Å². The summed E-state index contributed by atoms with van der Waals surface area (Å²) in [5.41, 5.74) is 1.79. The molecule has 1 aromatic rings. The van der Waals surface area contributed by atoms with Crippen molar-refractivity contribution >= 4 is 33.4 Å². The molecule has 1 fully saturated rings. The Balaban J connectivity index is 2.44. The Hall–Kier alpha value is -0.660. The molecular formula is C10H9BrN2S. The molecule has 1 aliphatic heterocycles. The van der Waals surface area contributed by atoms with Crippen LogP contribution in [0.2, 0.25) is 0 Å². The molecule has 0 amide bonds. The highest BCUT2D eigenvalue weighted by Gasteiger charge is 2.18. The Labute approximate surface area is 96.0 Å². The summed E-state index contributed by atoms with van der Waals surface area (Å²) in [5.74, 6) is 2.13. The summed E-state index contributed by atoms with van der Waals surface area (Å²) in [6, 6.07) is 7.98. The van der Waals surface area contributed by atoms with E-state index in [0.29, 0.717) is 0 Å². The third-order valence-corrected chi connectivity index (χ3v) is 3.78. The zero-order valence-corrected chi connectivity index (χ0v) is 9.94. The number of benzene rings is 1. The lowest BCUT2D eigenvalue weighted by molar-refractivity contribution is 0.987. The Morgan fingerprint density at radius 1 is 1.50 bits per heavy atom. The number of rotatable bonds is 1. The smallest absolute Gasteiger partial charge is 0.101 e. The molecule has 0 unspecified atom stereocenters. The molecule has 0 spiro atoms. The Kier molecular flexibility index (Phi) is 2.99. The largest absolute Gasteiger partial charge is 0.359 e. The van der Waals surface area contributed by atoms with Crippen LogP contribution < -0.4 is 4.90 Å². The maximum atomic E-state index is 9.00. The number of hydrogen-bond donors (Lipinski definition) is 0. The van der Waals surface area contributed by atoms with Gasteiger partial charge in [0.1, 0.15) is 6.07 Å². The molecule has 1 heterocycles. The molecule has 72 valence electrons. The van der Waals surface area contributed by atoms with Crippen molar-refractivity contribution < 1.29 is 0 Å². The molecule has 0 atom stereocenters. The van der Waals surface area contributed by atoms with Crippen molar-refractivity contribution in [1.82, 2.24) is 0 Å². The second kappa shape index (κ2) is 4.24. The summed E-state index contributed by atoms with van der Waals surface area (Å²) in [5, 5.41) is 9.00. The Bertz CT molecular complexity index is 380. The summed E-state index contributed by atoms with van der Waals surface area (Å²) >= 11 is 5.40. The molecule has 1 aliphatic rings. The van der Waals surface area contributed by atoms with E-state index in [1.54, 1.807) is 0 Å². The van der Waals surface area contributed by atoms with Crippen molar-refractivity contribution in [2.45, 2.75) is 0 Å². The lowest BCUT2D eigenvalue weighted by atomic mass is 10.2. The van der Waals surface area contributed by atoms with Crippen LogP contribution in [-0.2, 0) is 0 Å². The third kappa shape index (κ3) is 1.75. The van der Waals surface area contributed by atoms with E-state index in [4.69, 9.17) is 5.26 Å². The van der Waals surface area contributed by atoms with Crippen LogP contribution in [0.5, 0.6) is 0 Å². The van der Waals surface area contributed by atoms with Gasteiger partial charge in [0.15, 0.2) is 0 Å². The summed E-state index contributed by atoms with van der Waals surface area (Å²) in [6.07, 6.45) is 0. The number of nitrogens with zero attached hydrogens (tertiary/aromatic N) is 2. The second-order valence-corrected chi connectivity index (χ2v) is 4.98. The number of thioether (sulfide) groups is 1. The molecule has 2 nitrogen and oxygen atoms in total. The lowest BCUT2D eigenvalue weighted by Gasteiger charge is -2.19. The van der Waals surface area contributed by atoms with Crippen molar-refractivity contribution in [1.29, 1.82) is 5.26 Å².